The van der Waals surface area contributed by atoms with E-state index in [4.69, 9.17) is 86.2 Å². The van der Waals surface area contributed by atoms with Gasteiger partial charge in [0.05, 0.1) is 30.9 Å². The largest absolute Gasteiger partial charge is 0.868 e. The minimum atomic E-state index is -0.949. The Morgan fingerprint density at radius 2 is 1.27 bits per heavy atom. The van der Waals surface area contributed by atoms with Crippen molar-refractivity contribution in [3.63, 3.8) is 0 Å². The smallest absolute Gasteiger partial charge is 0.283 e. The highest BCUT2D eigenvalue weighted by Gasteiger charge is 2.19. The molecule has 4 N–H and O–H groups in total. The van der Waals surface area contributed by atoms with Crippen LogP contribution in [0, 0.1) is 41.2 Å². The Balaban J connectivity index is 0.000000255. The van der Waals surface area contributed by atoms with Crippen molar-refractivity contribution in [2.45, 2.75) is 18.4 Å². The van der Waals surface area contributed by atoms with E-state index in [9.17, 15) is 40.6 Å². The number of benzene rings is 5. The lowest BCUT2D eigenvalue weighted by atomic mass is 10.1. The number of nitrogens with two attached hydrogens (primary N) is 1. The number of non-ortho nitro benzene ring substituents is 1. The molecule has 0 radical (unpaired) electrons. The number of amidine groups is 1. The number of nitrogens with zero attached hydrogens (tertiary/aromatic N) is 3. The second kappa shape index (κ2) is 22.3. The van der Waals surface area contributed by atoms with Crippen LogP contribution < -0.4 is 15.9 Å². The zero-order valence-electron chi connectivity index (χ0n) is 27.7. The molecular formula is C33H24Cl6N6O8S2-2. The number of nitrogens with one attached hydrogen (secondary N) is 2. The van der Waals surface area contributed by atoms with Gasteiger partial charge in [-0.1, -0.05) is 124 Å². The molecular weight excluding hydrogens is 885 g/mol. The van der Waals surface area contributed by atoms with Crippen LogP contribution in [0.15, 0.2) is 78.9 Å². The van der Waals surface area contributed by atoms with Crippen LogP contribution in [0.25, 0.3) is 10.8 Å². The van der Waals surface area contributed by atoms with E-state index >= 15 is 0 Å². The van der Waals surface area contributed by atoms with Crippen LogP contribution in [-0.4, -0.2) is 25.0 Å². The lowest BCUT2D eigenvalue weighted by Gasteiger charge is -2.10. The van der Waals surface area contributed by atoms with Crippen LogP contribution in [0.4, 0.5) is 17.1 Å². The number of halogens is 6. The van der Waals surface area contributed by atoms with Crippen LogP contribution in [0.2, 0.25) is 30.1 Å². The molecule has 0 saturated heterocycles. The summed E-state index contributed by atoms with van der Waals surface area (Å²) in [5, 5.41) is 71.2. The number of hydrogen-bond donors (Lipinski definition) is 3. The molecule has 22 heteroatoms. The van der Waals surface area contributed by atoms with Crippen molar-refractivity contribution >= 4 is 131 Å². The predicted molar refractivity (Wildman–Crippen MR) is 220 cm³/mol. The van der Waals surface area contributed by atoms with Gasteiger partial charge in [0.25, 0.3) is 17.1 Å². The molecule has 0 aliphatic rings. The second-order valence-electron chi connectivity index (χ2n) is 10.2. The SMILES string of the molecule is CC(=N)SCc1ccc(Cl)c2ccccc12.N=C(N)SCc1ccc(Cl)cc1Cl.O=[N+]([O-])c1c([O-])c(Cl)cc(Cl)c1Cl.O=[N+]([O-])c1ccc([O-])c([N+](=O)[O-])c1. The molecule has 290 valence electrons. The Morgan fingerprint density at radius 3 is 1.82 bits per heavy atom. The van der Waals surface area contributed by atoms with Gasteiger partial charge in [-0.3, -0.25) is 41.2 Å². The van der Waals surface area contributed by atoms with Crippen molar-refractivity contribution in [2.75, 3.05) is 0 Å². The first-order valence-corrected chi connectivity index (χ1v) is 18.8. The van der Waals surface area contributed by atoms with Crippen LogP contribution in [0.3, 0.4) is 0 Å². The summed E-state index contributed by atoms with van der Waals surface area (Å²) in [7, 11) is 0. The van der Waals surface area contributed by atoms with Crippen molar-refractivity contribution in [3.05, 3.63) is 150 Å². The zero-order chi connectivity index (χ0) is 41.6. The lowest BCUT2D eigenvalue weighted by molar-refractivity contribution is -0.403. The van der Waals surface area contributed by atoms with Gasteiger partial charge in [-0.2, -0.15) is 0 Å². The topological polar surface area (TPSA) is 249 Å². The number of thioether (sulfide) groups is 2. The summed E-state index contributed by atoms with van der Waals surface area (Å²) in [6, 6.07) is 20.8. The lowest BCUT2D eigenvalue weighted by Crippen LogP contribution is -2.03. The van der Waals surface area contributed by atoms with Crippen LogP contribution in [-0.2, 0) is 11.5 Å². The van der Waals surface area contributed by atoms with Crippen LogP contribution in [0.5, 0.6) is 11.5 Å². The fourth-order valence-electron chi connectivity index (χ4n) is 3.92. The van der Waals surface area contributed by atoms with E-state index in [0.717, 1.165) is 39.9 Å². The van der Waals surface area contributed by atoms with Gasteiger partial charge in [0.1, 0.15) is 5.02 Å². The molecule has 0 spiro atoms. The maximum Gasteiger partial charge on any atom is 0.283 e. The maximum atomic E-state index is 11.1. The molecule has 55 heavy (non-hydrogen) atoms. The maximum absolute atomic E-state index is 11.1. The summed E-state index contributed by atoms with van der Waals surface area (Å²) < 4.78 is 0. The third kappa shape index (κ3) is 14.7. The third-order valence-electron chi connectivity index (χ3n) is 6.44. The van der Waals surface area contributed by atoms with Gasteiger partial charge in [-0.25, -0.2) is 0 Å². The van der Waals surface area contributed by atoms with Crippen molar-refractivity contribution in [1.29, 1.82) is 10.8 Å². The predicted octanol–water partition coefficient (Wildman–Crippen LogP) is 11.0. The Morgan fingerprint density at radius 1 is 0.673 bits per heavy atom. The Bertz CT molecular complexity index is 2230. The Hall–Kier alpha value is -4.26. The monoisotopic (exact) mass is 906 g/mol. The zero-order valence-corrected chi connectivity index (χ0v) is 33.9. The Kier molecular flexibility index (Phi) is 19.0. The molecule has 0 fully saturated rings. The first-order chi connectivity index (χ1) is 25.7. The minimum absolute atomic E-state index is 0.0889. The molecule has 0 aliphatic heterocycles. The molecule has 0 atom stereocenters. The van der Waals surface area contributed by atoms with E-state index in [1.54, 1.807) is 23.9 Å². The number of nitro groups is 3. The third-order valence-corrected chi connectivity index (χ3v) is 10.1. The molecule has 14 nitrogen and oxygen atoms in total. The highest BCUT2D eigenvalue weighted by Crippen LogP contribution is 2.42. The van der Waals surface area contributed by atoms with Gasteiger partial charge >= 0.3 is 0 Å². The van der Waals surface area contributed by atoms with Gasteiger partial charge in [0, 0.05) is 43.0 Å². The molecule has 0 amide bonds. The number of hydrogen-bond acceptors (Lipinski definition) is 12. The van der Waals surface area contributed by atoms with Crippen LogP contribution >= 0.6 is 93.1 Å². The first-order valence-electron chi connectivity index (χ1n) is 14.6. The normalized spacial score (nSPS) is 10.1. The van der Waals surface area contributed by atoms with E-state index < -0.39 is 43.3 Å². The summed E-state index contributed by atoms with van der Waals surface area (Å²) >= 11 is 36.8. The highest BCUT2D eigenvalue weighted by molar-refractivity contribution is 8.13. The summed E-state index contributed by atoms with van der Waals surface area (Å²) in [5.74, 6) is -0.338. The fourth-order valence-corrected chi connectivity index (χ4v) is 6.55. The Labute approximate surface area is 350 Å². The fraction of sp³-hybridized carbons (Fsp3) is 0.0909. The van der Waals surface area contributed by atoms with E-state index in [1.807, 2.05) is 43.3 Å². The number of nitro benzene ring substituents is 3. The molecule has 0 heterocycles. The summed E-state index contributed by atoms with van der Waals surface area (Å²) in [6.45, 7) is 1.81. The van der Waals surface area contributed by atoms with Crippen molar-refractivity contribution in [3.8, 4) is 11.5 Å². The molecule has 5 aromatic rings. The molecule has 0 aliphatic carbocycles. The average molecular weight is 909 g/mol. The van der Waals surface area contributed by atoms with E-state index in [1.165, 1.54) is 22.7 Å². The minimum Gasteiger partial charge on any atom is -0.868 e. The molecule has 0 bridgehead atoms. The van der Waals surface area contributed by atoms with E-state index in [-0.39, 0.29) is 20.2 Å². The highest BCUT2D eigenvalue weighted by atomic mass is 35.5. The van der Waals surface area contributed by atoms with E-state index in [2.05, 4.69) is 6.07 Å². The van der Waals surface area contributed by atoms with Crippen molar-refractivity contribution in [2.24, 2.45) is 5.73 Å². The van der Waals surface area contributed by atoms with E-state index in [0.29, 0.717) is 26.9 Å². The number of fused-ring (bicyclic) bond motifs is 1. The van der Waals surface area contributed by atoms with Crippen molar-refractivity contribution in [1.82, 2.24) is 0 Å². The molecule has 0 aromatic heterocycles. The summed E-state index contributed by atoms with van der Waals surface area (Å²) in [6.07, 6.45) is 0. The van der Waals surface area contributed by atoms with Gasteiger partial charge in [-0.05, 0) is 59.2 Å². The standard InChI is InChI=1S/C13H12ClNS.C8H8Cl2N2S.C6H2Cl3NO3.C6H4N2O5/c1-9(15)16-8-10-6-7-13(14)12-5-3-2-4-11(10)12;9-6-2-1-5(7(10)3-6)4-13-8(11)12;7-2-1-3(8)6(11)5(4(2)9)10(12)13;9-6-2-1-4(7(10)11)3-5(6)8(12)13/h2-7,15H,8H2,1H3;1-3H,4H2,(H3,11,12);1,11H;1-3,9H/p-2. The average Bonchev–Trinajstić information content (AvgIpc) is 3.11. The number of rotatable bonds is 7. The van der Waals surface area contributed by atoms with Crippen LogP contribution in [0.1, 0.15) is 18.1 Å². The molecule has 5 rings (SSSR count). The van der Waals surface area contributed by atoms with Gasteiger partial charge in [0.15, 0.2) is 5.17 Å². The molecule has 5 aromatic carbocycles. The quantitative estimate of drug-likeness (QED) is 0.0455. The van der Waals surface area contributed by atoms with Crippen molar-refractivity contribution < 1.29 is 25.0 Å². The summed E-state index contributed by atoms with van der Waals surface area (Å²) in [4.78, 5) is 28.0. The van der Waals surface area contributed by atoms with Gasteiger partial charge in [0.2, 0.25) is 0 Å². The van der Waals surface area contributed by atoms with Gasteiger partial charge < -0.3 is 15.9 Å². The summed E-state index contributed by atoms with van der Waals surface area (Å²) in [5.41, 5.74) is 5.32. The molecule has 0 saturated carbocycles. The first kappa shape index (κ1) is 46.9. The van der Waals surface area contributed by atoms with Gasteiger partial charge in [-0.15, -0.1) is 11.8 Å². The molecule has 0 unspecified atom stereocenters. The second-order valence-corrected chi connectivity index (χ2v) is 14.9.